The highest BCUT2D eigenvalue weighted by Gasteiger charge is 2.43. The average molecular weight is 301 g/mol. The van der Waals surface area contributed by atoms with Crippen LogP contribution in [0.1, 0.15) is 32.0 Å². The zero-order valence-corrected chi connectivity index (χ0v) is 12.8. The first-order valence-corrected chi connectivity index (χ1v) is 8.15. The van der Waals surface area contributed by atoms with Crippen molar-refractivity contribution in [1.82, 2.24) is 4.98 Å². The van der Waals surface area contributed by atoms with Crippen LogP contribution in [0, 0.1) is 0 Å². The highest BCUT2D eigenvalue weighted by atomic mass is 31.2. The normalized spacial score (nSPS) is 12.9. The Morgan fingerprint density at radius 1 is 1.25 bits per heavy atom. The van der Waals surface area contributed by atoms with E-state index < -0.39 is 19.2 Å². The van der Waals surface area contributed by atoms with Gasteiger partial charge in [0.2, 0.25) is 0 Å². The van der Waals surface area contributed by atoms with Crippen LogP contribution in [0.15, 0.2) is 24.5 Å². The summed E-state index contributed by atoms with van der Waals surface area (Å²) in [7, 11) is -3.65. The lowest BCUT2D eigenvalue weighted by atomic mass is 10.2. The lowest BCUT2D eigenvalue weighted by Gasteiger charge is -2.24. The van der Waals surface area contributed by atoms with E-state index in [1.54, 1.807) is 39.1 Å². The van der Waals surface area contributed by atoms with Gasteiger partial charge in [-0.05, 0) is 32.4 Å². The number of nitrogens with zero attached hydrogens (tertiary/aromatic N) is 1. The molecule has 1 atom stereocenters. The number of carbonyl (C=O) groups excluding carboxylic acids is 1. The van der Waals surface area contributed by atoms with E-state index in [1.807, 2.05) is 0 Å². The molecule has 0 aliphatic carbocycles. The number of esters is 1. The molecule has 0 amide bonds. The highest BCUT2D eigenvalue weighted by molar-refractivity contribution is 7.55. The molecule has 1 heterocycles. The lowest BCUT2D eigenvalue weighted by molar-refractivity contribution is -0.143. The molecule has 20 heavy (non-hydrogen) atoms. The van der Waals surface area contributed by atoms with Gasteiger partial charge in [-0.15, -0.1) is 0 Å². The van der Waals surface area contributed by atoms with Gasteiger partial charge in [-0.1, -0.05) is 6.07 Å². The van der Waals surface area contributed by atoms with Crippen LogP contribution < -0.4 is 0 Å². The third-order valence-electron chi connectivity index (χ3n) is 2.44. The van der Waals surface area contributed by atoms with E-state index >= 15 is 0 Å². The SMILES string of the molecule is CCOC(=O)C(c1cccnc1)P(=O)(OCC)OCC. The molecule has 0 radical (unpaired) electrons. The molecule has 1 aromatic heterocycles. The lowest BCUT2D eigenvalue weighted by Crippen LogP contribution is -2.19. The van der Waals surface area contributed by atoms with Crippen LogP contribution in [0.5, 0.6) is 0 Å². The van der Waals surface area contributed by atoms with Gasteiger partial charge < -0.3 is 13.8 Å². The second-order valence-electron chi connectivity index (χ2n) is 3.82. The maximum atomic E-state index is 12.9. The van der Waals surface area contributed by atoms with Crippen molar-refractivity contribution in [1.29, 1.82) is 0 Å². The minimum atomic E-state index is -3.65. The Bertz CT molecular complexity index is 455. The Kier molecular flexibility index (Phi) is 6.85. The first-order valence-electron chi connectivity index (χ1n) is 6.54. The third kappa shape index (κ3) is 4.13. The van der Waals surface area contributed by atoms with Crippen LogP contribution in [0.3, 0.4) is 0 Å². The molecular formula is C13H20NO5P. The van der Waals surface area contributed by atoms with Gasteiger partial charge >= 0.3 is 13.6 Å². The number of pyridine rings is 1. The number of hydrogen-bond acceptors (Lipinski definition) is 6. The number of rotatable bonds is 8. The molecule has 0 saturated carbocycles. The van der Waals surface area contributed by atoms with Crippen molar-refractivity contribution >= 4 is 13.6 Å². The maximum Gasteiger partial charge on any atom is 0.349 e. The molecule has 1 aromatic rings. The number of carbonyl (C=O) groups is 1. The van der Waals surface area contributed by atoms with E-state index in [0.717, 1.165) is 0 Å². The Balaban J connectivity index is 3.21. The van der Waals surface area contributed by atoms with Crippen molar-refractivity contribution in [3.05, 3.63) is 30.1 Å². The fourth-order valence-electron chi connectivity index (χ4n) is 1.75. The van der Waals surface area contributed by atoms with E-state index in [4.69, 9.17) is 13.8 Å². The van der Waals surface area contributed by atoms with E-state index in [2.05, 4.69) is 4.98 Å². The van der Waals surface area contributed by atoms with Crippen molar-refractivity contribution in [2.75, 3.05) is 19.8 Å². The molecular weight excluding hydrogens is 281 g/mol. The van der Waals surface area contributed by atoms with E-state index in [9.17, 15) is 9.36 Å². The standard InChI is InChI=1S/C13H20NO5P/c1-4-17-13(15)12(11-8-7-9-14-10-11)20(16,18-5-2)19-6-3/h7-10,12H,4-6H2,1-3H3. The van der Waals surface area contributed by atoms with Gasteiger partial charge in [-0.3, -0.25) is 14.3 Å². The van der Waals surface area contributed by atoms with Crippen molar-refractivity contribution in [2.45, 2.75) is 26.4 Å². The van der Waals surface area contributed by atoms with Crippen LogP contribution in [-0.2, 0) is 23.1 Å². The van der Waals surface area contributed by atoms with E-state index in [1.165, 1.54) is 6.20 Å². The monoisotopic (exact) mass is 301 g/mol. The quantitative estimate of drug-likeness (QED) is 0.543. The van der Waals surface area contributed by atoms with Crippen LogP contribution in [0.25, 0.3) is 0 Å². The molecule has 0 fully saturated rings. The third-order valence-corrected chi connectivity index (χ3v) is 4.82. The summed E-state index contributed by atoms with van der Waals surface area (Å²) in [6, 6.07) is 3.31. The zero-order chi connectivity index (χ0) is 15.0. The van der Waals surface area contributed by atoms with Gasteiger partial charge in [-0.25, -0.2) is 0 Å². The Morgan fingerprint density at radius 2 is 1.90 bits per heavy atom. The molecule has 112 valence electrons. The van der Waals surface area contributed by atoms with Crippen molar-refractivity contribution in [2.24, 2.45) is 0 Å². The summed E-state index contributed by atoms with van der Waals surface area (Å²) >= 11 is 0. The summed E-state index contributed by atoms with van der Waals surface area (Å²) in [4.78, 5) is 16.1. The first kappa shape index (κ1) is 16.8. The van der Waals surface area contributed by atoms with Crippen LogP contribution >= 0.6 is 7.60 Å². The summed E-state index contributed by atoms with van der Waals surface area (Å²) < 4.78 is 28.4. The van der Waals surface area contributed by atoms with E-state index in [0.29, 0.717) is 5.56 Å². The predicted octanol–water partition coefficient (Wildman–Crippen LogP) is 2.95. The van der Waals surface area contributed by atoms with Crippen molar-refractivity contribution in [3.63, 3.8) is 0 Å². The summed E-state index contributed by atoms with van der Waals surface area (Å²) in [6.07, 6.45) is 3.03. The maximum absolute atomic E-state index is 12.9. The predicted molar refractivity (Wildman–Crippen MR) is 74.5 cm³/mol. The van der Waals surface area contributed by atoms with Crippen LogP contribution in [0.4, 0.5) is 0 Å². The van der Waals surface area contributed by atoms with Crippen LogP contribution in [-0.4, -0.2) is 30.8 Å². The minimum absolute atomic E-state index is 0.174. The van der Waals surface area contributed by atoms with Crippen LogP contribution in [0.2, 0.25) is 0 Å². The number of ether oxygens (including phenoxy) is 1. The fourth-order valence-corrected chi connectivity index (χ4v) is 3.70. The summed E-state index contributed by atoms with van der Waals surface area (Å²) in [6.45, 7) is 5.60. The molecule has 0 N–H and O–H groups in total. The molecule has 1 unspecified atom stereocenters. The molecule has 0 spiro atoms. The minimum Gasteiger partial charge on any atom is -0.465 e. The second kappa shape index (κ2) is 8.15. The van der Waals surface area contributed by atoms with Gasteiger partial charge in [0.05, 0.1) is 19.8 Å². The Labute approximate surface area is 119 Å². The summed E-state index contributed by atoms with van der Waals surface area (Å²) in [5, 5.41) is 0. The zero-order valence-electron chi connectivity index (χ0n) is 11.9. The molecule has 1 rings (SSSR count). The van der Waals surface area contributed by atoms with Gasteiger partial charge in [-0.2, -0.15) is 0 Å². The molecule has 0 saturated heterocycles. The molecule has 7 heteroatoms. The average Bonchev–Trinajstić information content (AvgIpc) is 2.40. The summed E-state index contributed by atoms with van der Waals surface area (Å²) in [5.74, 6) is -0.634. The largest absolute Gasteiger partial charge is 0.465 e. The first-order chi connectivity index (χ1) is 9.59. The Hall–Kier alpha value is -1.23. The topological polar surface area (TPSA) is 74.7 Å². The molecule has 0 aliphatic heterocycles. The smallest absolute Gasteiger partial charge is 0.349 e. The Morgan fingerprint density at radius 3 is 2.35 bits per heavy atom. The van der Waals surface area contributed by atoms with Crippen molar-refractivity contribution < 1.29 is 23.1 Å². The molecule has 0 aromatic carbocycles. The molecule has 0 aliphatic rings. The van der Waals surface area contributed by atoms with Gasteiger partial charge in [0.15, 0.2) is 5.66 Å². The van der Waals surface area contributed by atoms with Gasteiger partial charge in [0.1, 0.15) is 0 Å². The fraction of sp³-hybridized carbons (Fsp3) is 0.538. The van der Waals surface area contributed by atoms with Crippen molar-refractivity contribution in [3.8, 4) is 0 Å². The second-order valence-corrected chi connectivity index (χ2v) is 5.93. The number of aromatic nitrogens is 1. The van der Waals surface area contributed by atoms with Gasteiger partial charge in [0, 0.05) is 12.4 Å². The van der Waals surface area contributed by atoms with E-state index in [-0.39, 0.29) is 19.8 Å². The molecule has 0 bridgehead atoms. The molecule has 6 nitrogen and oxygen atoms in total. The number of hydrogen-bond donors (Lipinski definition) is 0. The summed E-state index contributed by atoms with van der Waals surface area (Å²) in [5.41, 5.74) is -0.660. The highest BCUT2D eigenvalue weighted by Crippen LogP contribution is 2.61. The van der Waals surface area contributed by atoms with Gasteiger partial charge in [0.25, 0.3) is 0 Å².